The van der Waals surface area contributed by atoms with E-state index < -0.39 is 0 Å². The van der Waals surface area contributed by atoms with Gasteiger partial charge < -0.3 is 0 Å². The van der Waals surface area contributed by atoms with Crippen LogP contribution in [0, 0.1) is 5.92 Å². The minimum Gasteiger partial charge on any atom is -0.252 e. The van der Waals surface area contributed by atoms with Crippen LogP contribution in [-0.2, 0) is 4.89 Å². The zero-order chi connectivity index (χ0) is 5.86. The van der Waals surface area contributed by atoms with E-state index in [-0.39, 0.29) is 6.10 Å². The summed E-state index contributed by atoms with van der Waals surface area (Å²) in [6.45, 7) is 5.80. The molecule has 1 unspecified atom stereocenters. The maximum absolute atomic E-state index is 8.01. The van der Waals surface area contributed by atoms with Gasteiger partial charge in [0.15, 0.2) is 0 Å². The van der Waals surface area contributed by atoms with Crippen LogP contribution in [0.3, 0.4) is 0 Å². The van der Waals surface area contributed by atoms with E-state index >= 15 is 0 Å². The first kappa shape index (κ1) is 6.92. The number of hydrogen-bond acceptors (Lipinski definition) is 2. The fourth-order valence-electron chi connectivity index (χ4n) is 0.122. The molecule has 0 heterocycles. The highest BCUT2D eigenvalue weighted by Gasteiger charge is 2.04. The molecule has 0 rings (SSSR count). The Hall–Kier alpha value is -0.0800. The Labute approximate surface area is 44.0 Å². The lowest BCUT2D eigenvalue weighted by atomic mass is 10.1. The van der Waals surface area contributed by atoms with Crippen LogP contribution in [0.15, 0.2) is 0 Å². The first-order chi connectivity index (χ1) is 3.18. The summed E-state index contributed by atoms with van der Waals surface area (Å²) in [5, 5.41) is 8.01. The summed E-state index contributed by atoms with van der Waals surface area (Å²) >= 11 is 0. The molecule has 44 valence electrons. The topological polar surface area (TPSA) is 29.5 Å². The number of hydrogen-bond donors (Lipinski definition) is 1. The van der Waals surface area contributed by atoms with Crippen molar-refractivity contribution in [2.75, 3.05) is 0 Å². The molecule has 2 nitrogen and oxygen atoms in total. The third-order valence-electron chi connectivity index (χ3n) is 1.11. The first-order valence-electron chi connectivity index (χ1n) is 2.48. The van der Waals surface area contributed by atoms with Crippen molar-refractivity contribution < 1.29 is 10.1 Å². The van der Waals surface area contributed by atoms with Gasteiger partial charge in [-0.3, -0.25) is 5.26 Å². The van der Waals surface area contributed by atoms with E-state index in [4.69, 9.17) is 5.26 Å². The molecule has 0 aromatic heterocycles. The molecule has 0 saturated heterocycles. The van der Waals surface area contributed by atoms with Crippen molar-refractivity contribution >= 4 is 0 Å². The van der Waals surface area contributed by atoms with Crippen LogP contribution in [0.4, 0.5) is 0 Å². The monoisotopic (exact) mass is 104 g/mol. The third-order valence-corrected chi connectivity index (χ3v) is 1.11. The fraction of sp³-hybridized carbons (Fsp3) is 1.00. The standard InChI is InChI=1S/C5H12O2/c1-4(2)5(3)7-6/h4-6H,1-3H3. The molecule has 0 radical (unpaired) electrons. The molecule has 0 bridgehead atoms. The average Bonchev–Trinajstić information content (AvgIpc) is 1.65. The molecule has 0 aromatic carbocycles. The SMILES string of the molecule is CC(C)C(C)OO. The summed E-state index contributed by atoms with van der Waals surface area (Å²) in [5.74, 6) is 0.394. The molecule has 0 aromatic rings. The van der Waals surface area contributed by atoms with Gasteiger partial charge in [0.25, 0.3) is 0 Å². The molecule has 0 saturated carbocycles. The molecular formula is C5H12O2. The molecular weight excluding hydrogens is 92.1 g/mol. The minimum atomic E-state index is -0.0417. The fourth-order valence-corrected chi connectivity index (χ4v) is 0.122. The maximum Gasteiger partial charge on any atom is 0.0922 e. The maximum atomic E-state index is 8.01. The Balaban J connectivity index is 3.14. The summed E-state index contributed by atoms with van der Waals surface area (Å²) < 4.78 is 0. The van der Waals surface area contributed by atoms with Gasteiger partial charge in [-0.2, -0.15) is 0 Å². The summed E-state index contributed by atoms with van der Waals surface area (Å²) in [4.78, 5) is 4.01. The van der Waals surface area contributed by atoms with Gasteiger partial charge in [-0.05, 0) is 12.8 Å². The van der Waals surface area contributed by atoms with Gasteiger partial charge in [0.1, 0.15) is 0 Å². The van der Waals surface area contributed by atoms with Crippen LogP contribution < -0.4 is 0 Å². The van der Waals surface area contributed by atoms with Crippen LogP contribution in [0.2, 0.25) is 0 Å². The highest BCUT2D eigenvalue weighted by Crippen LogP contribution is 2.01. The van der Waals surface area contributed by atoms with E-state index in [0.29, 0.717) is 5.92 Å². The van der Waals surface area contributed by atoms with E-state index in [1.165, 1.54) is 0 Å². The molecule has 0 aliphatic heterocycles. The summed E-state index contributed by atoms with van der Waals surface area (Å²) in [5.41, 5.74) is 0. The van der Waals surface area contributed by atoms with Gasteiger partial charge in [0.05, 0.1) is 6.10 Å². The number of rotatable bonds is 2. The van der Waals surface area contributed by atoms with Gasteiger partial charge in [-0.1, -0.05) is 13.8 Å². The second-order valence-corrected chi connectivity index (χ2v) is 2.05. The van der Waals surface area contributed by atoms with E-state index in [0.717, 1.165) is 0 Å². The quantitative estimate of drug-likeness (QED) is 0.425. The van der Waals surface area contributed by atoms with Gasteiger partial charge in [-0.25, -0.2) is 4.89 Å². The van der Waals surface area contributed by atoms with E-state index in [9.17, 15) is 0 Å². The van der Waals surface area contributed by atoms with Crippen molar-refractivity contribution in [2.24, 2.45) is 5.92 Å². The Bertz CT molecular complexity index is 43.3. The molecule has 2 heteroatoms. The van der Waals surface area contributed by atoms with Crippen LogP contribution >= 0.6 is 0 Å². The van der Waals surface area contributed by atoms with Crippen molar-refractivity contribution in [2.45, 2.75) is 26.9 Å². The largest absolute Gasteiger partial charge is 0.252 e. The van der Waals surface area contributed by atoms with Crippen LogP contribution in [0.5, 0.6) is 0 Å². The van der Waals surface area contributed by atoms with Gasteiger partial charge >= 0.3 is 0 Å². The minimum absolute atomic E-state index is 0.0417. The normalized spacial score (nSPS) is 15.0. The second kappa shape index (κ2) is 2.99. The molecule has 7 heavy (non-hydrogen) atoms. The second-order valence-electron chi connectivity index (χ2n) is 2.05. The molecule has 0 spiro atoms. The Kier molecular flexibility index (Phi) is 2.96. The molecule has 1 N–H and O–H groups in total. The van der Waals surface area contributed by atoms with Crippen molar-refractivity contribution in [3.05, 3.63) is 0 Å². The van der Waals surface area contributed by atoms with Crippen molar-refractivity contribution in [1.82, 2.24) is 0 Å². The first-order valence-corrected chi connectivity index (χ1v) is 2.48. The van der Waals surface area contributed by atoms with Gasteiger partial charge in [-0.15, -0.1) is 0 Å². The predicted octanol–water partition coefficient (Wildman–Crippen LogP) is 1.52. The molecule has 0 fully saturated rings. The lowest BCUT2D eigenvalue weighted by Crippen LogP contribution is -2.12. The highest BCUT2D eigenvalue weighted by atomic mass is 17.1. The zero-order valence-corrected chi connectivity index (χ0v) is 5.01. The Morgan fingerprint density at radius 1 is 1.29 bits per heavy atom. The lowest BCUT2D eigenvalue weighted by molar-refractivity contribution is -0.282. The highest BCUT2D eigenvalue weighted by molar-refractivity contribution is 4.50. The van der Waals surface area contributed by atoms with Crippen LogP contribution in [-0.4, -0.2) is 11.4 Å². The van der Waals surface area contributed by atoms with Crippen molar-refractivity contribution in [3.8, 4) is 0 Å². The van der Waals surface area contributed by atoms with Crippen molar-refractivity contribution in [1.29, 1.82) is 0 Å². The Morgan fingerprint density at radius 2 is 1.71 bits per heavy atom. The summed E-state index contributed by atoms with van der Waals surface area (Å²) in [6, 6.07) is 0. The molecule has 0 aliphatic carbocycles. The van der Waals surface area contributed by atoms with Gasteiger partial charge in [0.2, 0.25) is 0 Å². The van der Waals surface area contributed by atoms with Crippen molar-refractivity contribution in [3.63, 3.8) is 0 Å². The smallest absolute Gasteiger partial charge is 0.0922 e. The molecule has 1 atom stereocenters. The summed E-state index contributed by atoms with van der Waals surface area (Å²) in [6.07, 6.45) is -0.0417. The lowest BCUT2D eigenvalue weighted by Gasteiger charge is -2.09. The van der Waals surface area contributed by atoms with Crippen LogP contribution in [0.1, 0.15) is 20.8 Å². The average molecular weight is 104 g/mol. The van der Waals surface area contributed by atoms with E-state index in [2.05, 4.69) is 4.89 Å². The van der Waals surface area contributed by atoms with Gasteiger partial charge in [0, 0.05) is 0 Å². The van der Waals surface area contributed by atoms with E-state index in [1.54, 1.807) is 0 Å². The summed E-state index contributed by atoms with van der Waals surface area (Å²) in [7, 11) is 0. The third kappa shape index (κ3) is 2.60. The molecule has 0 aliphatic rings. The molecule has 0 amide bonds. The zero-order valence-electron chi connectivity index (χ0n) is 5.01. The van der Waals surface area contributed by atoms with E-state index in [1.807, 2.05) is 20.8 Å². The van der Waals surface area contributed by atoms with Crippen LogP contribution in [0.25, 0.3) is 0 Å². The Morgan fingerprint density at radius 3 is 1.71 bits per heavy atom. The predicted molar refractivity (Wildman–Crippen MR) is 28.0 cm³/mol.